The van der Waals surface area contributed by atoms with Crippen molar-refractivity contribution >= 4 is 28.6 Å². The molecule has 2 heterocycles. The number of nitrogens with one attached hydrogen (secondary N) is 1. The van der Waals surface area contributed by atoms with E-state index in [4.69, 9.17) is 10.5 Å². The highest BCUT2D eigenvalue weighted by Crippen LogP contribution is 2.22. The van der Waals surface area contributed by atoms with E-state index in [1.54, 1.807) is 17.6 Å². The van der Waals surface area contributed by atoms with Crippen molar-refractivity contribution in [1.29, 1.82) is 0 Å². The molecule has 130 valence electrons. The molecule has 2 aromatic heterocycles. The van der Waals surface area contributed by atoms with Crippen LogP contribution in [0, 0.1) is 0 Å². The first-order valence-corrected chi connectivity index (χ1v) is 7.96. The average Bonchev–Trinajstić information content (AvgIpc) is 2.99. The Balaban J connectivity index is 1.80. The number of hydrogen-bond donors (Lipinski definition) is 2. The maximum atomic E-state index is 12.6. The summed E-state index contributed by atoms with van der Waals surface area (Å²) in [4.78, 5) is 24.9. The van der Waals surface area contributed by atoms with Crippen molar-refractivity contribution < 1.29 is 9.53 Å². The van der Waals surface area contributed by atoms with E-state index in [-0.39, 0.29) is 17.8 Å². The molecule has 0 fully saturated rings. The van der Waals surface area contributed by atoms with E-state index in [0.29, 0.717) is 22.6 Å². The van der Waals surface area contributed by atoms with Gasteiger partial charge in [0.1, 0.15) is 23.6 Å². The van der Waals surface area contributed by atoms with Gasteiger partial charge in [0.2, 0.25) is 5.91 Å². The Morgan fingerprint density at radius 1 is 1.24 bits per heavy atom. The maximum absolute atomic E-state index is 12.6. The van der Waals surface area contributed by atoms with Crippen molar-refractivity contribution in [2.75, 3.05) is 11.1 Å². The third-order valence-electron chi connectivity index (χ3n) is 3.66. The minimum Gasteiger partial charge on any atom is -0.491 e. The first-order valence-electron chi connectivity index (χ1n) is 7.96. The Morgan fingerprint density at radius 3 is 2.80 bits per heavy atom. The van der Waals surface area contributed by atoms with Crippen LogP contribution < -0.4 is 15.8 Å². The van der Waals surface area contributed by atoms with Crippen molar-refractivity contribution in [2.24, 2.45) is 0 Å². The van der Waals surface area contributed by atoms with E-state index < -0.39 is 6.04 Å². The number of ether oxygens (including phenoxy) is 1. The molecule has 0 aliphatic rings. The van der Waals surface area contributed by atoms with Gasteiger partial charge in [0.25, 0.3) is 0 Å². The van der Waals surface area contributed by atoms with Crippen LogP contribution in [0.15, 0.2) is 36.9 Å². The summed E-state index contributed by atoms with van der Waals surface area (Å²) in [5.74, 6) is 0.794. The SMILES string of the molecule is CC(C)Oc1cccc(NC(=O)C(C)n2cnc3c(N)ncnc32)c1. The van der Waals surface area contributed by atoms with Crippen molar-refractivity contribution in [3.63, 3.8) is 0 Å². The molecule has 3 rings (SSSR count). The maximum Gasteiger partial charge on any atom is 0.247 e. The first-order chi connectivity index (χ1) is 12.0. The lowest BCUT2D eigenvalue weighted by Gasteiger charge is -2.15. The number of anilines is 2. The highest BCUT2D eigenvalue weighted by molar-refractivity contribution is 5.94. The number of rotatable bonds is 5. The largest absolute Gasteiger partial charge is 0.491 e. The molecule has 3 aromatic rings. The summed E-state index contributed by atoms with van der Waals surface area (Å²) < 4.78 is 7.31. The Labute approximate surface area is 145 Å². The van der Waals surface area contributed by atoms with Crippen LogP contribution in [-0.2, 0) is 4.79 Å². The number of nitrogen functional groups attached to an aromatic ring is 1. The number of imidazole rings is 1. The summed E-state index contributed by atoms with van der Waals surface area (Å²) in [7, 11) is 0. The number of carbonyl (C=O) groups excluding carboxylic acids is 1. The van der Waals surface area contributed by atoms with Crippen LogP contribution in [0.2, 0.25) is 0 Å². The number of nitrogens with zero attached hydrogens (tertiary/aromatic N) is 4. The third kappa shape index (κ3) is 3.52. The average molecular weight is 340 g/mol. The van der Waals surface area contributed by atoms with Crippen LogP contribution in [0.3, 0.4) is 0 Å². The number of aromatic nitrogens is 4. The van der Waals surface area contributed by atoms with Gasteiger partial charge in [0, 0.05) is 11.8 Å². The van der Waals surface area contributed by atoms with Crippen LogP contribution >= 0.6 is 0 Å². The summed E-state index contributed by atoms with van der Waals surface area (Å²) in [5, 5.41) is 2.88. The van der Waals surface area contributed by atoms with Gasteiger partial charge in [-0.25, -0.2) is 15.0 Å². The summed E-state index contributed by atoms with van der Waals surface area (Å²) in [5.41, 5.74) is 7.45. The first kappa shape index (κ1) is 16.7. The Morgan fingerprint density at radius 2 is 2.04 bits per heavy atom. The number of benzene rings is 1. The topological polar surface area (TPSA) is 108 Å². The molecule has 1 atom stereocenters. The van der Waals surface area contributed by atoms with Crippen molar-refractivity contribution in [1.82, 2.24) is 19.5 Å². The molecule has 0 aliphatic heterocycles. The Kier molecular flexibility index (Phi) is 4.51. The standard InChI is InChI=1S/C17H20N6O2/c1-10(2)25-13-6-4-5-12(7-13)22-17(24)11(3)23-9-21-14-15(18)19-8-20-16(14)23/h4-11H,1-3H3,(H,22,24)(H2,18,19,20). The zero-order valence-corrected chi connectivity index (χ0v) is 14.3. The molecule has 0 radical (unpaired) electrons. The van der Waals surface area contributed by atoms with Crippen molar-refractivity contribution in [2.45, 2.75) is 32.9 Å². The highest BCUT2D eigenvalue weighted by atomic mass is 16.5. The van der Waals surface area contributed by atoms with Crippen LogP contribution in [0.25, 0.3) is 11.2 Å². The van der Waals surface area contributed by atoms with Gasteiger partial charge in [-0.2, -0.15) is 0 Å². The Hall–Kier alpha value is -3.16. The summed E-state index contributed by atoms with van der Waals surface area (Å²) in [6.07, 6.45) is 2.96. The molecule has 1 aromatic carbocycles. The van der Waals surface area contributed by atoms with Crippen molar-refractivity contribution in [3.05, 3.63) is 36.9 Å². The summed E-state index contributed by atoms with van der Waals surface area (Å²) in [6.45, 7) is 5.67. The normalized spacial score (nSPS) is 12.3. The second kappa shape index (κ2) is 6.76. The fourth-order valence-electron chi connectivity index (χ4n) is 2.45. The fraction of sp³-hybridized carbons (Fsp3) is 0.294. The second-order valence-corrected chi connectivity index (χ2v) is 5.94. The van der Waals surface area contributed by atoms with E-state index in [2.05, 4.69) is 20.3 Å². The zero-order chi connectivity index (χ0) is 18.0. The number of hydrogen-bond acceptors (Lipinski definition) is 6. The van der Waals surface area contributed by atoms with E-state index >= 15 is 0 Å². The van der Waals surface area contributed by atoms with Crippen molar-refractivity contribution in [3.8, 4) is 5.75 Å². The molecular formula is C17H20N6O2. The molecule has 0 saturated heterocycles. The predicted octanol–water partition coefficient (Wildman–Crippen LogP) is 2.40. The lowest BCUT2D eigenvalue weighted by atomic mass is 10.2. The van der Waals surface area contributed by atoms with Crippen LogP contribution in [-0.4, -0.2) is 31.5 Å². The minimum absolute atomic E-state index is 0.0623. The zero-order valence-electron chi connectivity index (χ0n) is 14.3. The molecule has 8 nitrogen and oxygen atoms in total. The van der Waals surface area contributed by atoms with Crippen LogP contribution in [0.5, 0.6) is 5.75 Å². The van der Waals surface area contributed by atoms with Crippen LogP contribution in [0.1, 0.15) is 26.8 Å². The number of amides is 1. The third-order valence-corrected chi connectivity index (χ3v) is 3.66. The van der Waals surface area contributed by atoms with Gasteiger partial charge in [-0.3, -0.25) is 4.79 Å². The van der Waals surface area contributed by atoms with E-state index in [1.807, 2.05) is 32.0 Å². The number of fused-ring (bicyclic) bond motifs is 1. The molecule has 0 spiro atoms. The molecule has 8 heteroatoms. The second-order valence-electron chi connectivity index (χ2n) is 5.94. The lowest BCUT2D eigenvalue weighted by molar-refractivity contribution is -0.118. The fourth-order valence-corrected chi connectivity index (χ4v) is 2.45. The van der Waals surface area contributed by atoms with Gasteiger partial charge in [0.15, 0.2) is 11.5 Å². The molecule has 0 bridgehead atoms. The van der Waals surface area contributed by atoms with E-state index in [0.717, 1.165) is 0 Å². The van der Waals surface area contributed by atoms with Gasteiger partial charge < -0.3 is 20.4 Å². The predicted molar refractivity (Wildman–Crippen MR) is 95.3 cm³/mol. The summed E-state index contributed by atoms with van der Waals surface area (Å²) in [6, 6.07) is 6.76. The smallest absolute Gasteiger partial charge is 0.247 e. The molecule has 1 unspecified atom stereocenters. The summed E-state index contributed by atoms with van der Waals surface area (Å²) >= 11 is 0. The molecule has 25 heavy (non-hydrogen) atoms. The molecule has 1 amide bonds. The monoisotopic (exact) mass is 340 g/mol. The number of carbonyl (C=O) groups is 1. The van der Waals surface area contributed by atoms with Gasteiger partial charge in [-0.1, -0.05) is 6.07 Å². The van der Waals surface area contributed by atoms with Crippen LogP contribution in [0.4, 0.5) is 11.5 Å². The molecule has 3 N–H and O–H groups in total. The number of nitrogens with two attached hydrogens (primary N) is 1. The lowest BCUT2D eigenvalue weighted by Crippen LogP contribution is -2.23. The molecule has 0 saturated carbocycles. The molecule has 0 aliphatic carbocycles. The van der Waals surface area contributed by atoms with Gasteiger partial charge >= 0.3 is 0 Å². The Bertz CT molecular complexity index is 905. The minimum atomic E-state index is -0.519. The highest BCUT2D eigenvalue weighted by Gasteiger charge is 2.19. The van der Waals surface area contributed by atoms with Gasteiger partial charge in [0.05, 0.1) is 12.4 Å². The van der Waals surface area contributed by atoms with E-state index in [1.165, 1.54) is 12.7 Å². The van der Waals surface area contributed by atoms with Gasteiger partial charge in [-0.15, -0.1) is 0 Å². The van der Waals surface area contributed by atoms with Gasteiger partial charge in [-0.05, 0) is 32.9 Å². The molecular weight excluding hydrogens is 320 g/mol. The van der Waals surface area contributed by atoms with E-state index in [9.17, 15) is 4.79 Å². The quantitative estimate of drug-likeness (QED) is 0.738.